The first-order valence-electron chi connectivity index (χ1n) is 4.90. The average molecular weight is 207 g/mol. The summed E-state index contributed by atoms with van der Waals surface area (Å²) in [4.78, 5) is 16.1. The third-order valence-electron chi connectivity index (χ3n) is 2.78. The number of nitrogens with two attached hydrogens (primary N) is 1. The van der Waals surface area contributed by atoms with Crippen molar-refractivity contribution in [3.05, 3.63) is 35.4 Å². The first-order chi connectivity index (χ1) is 6.98. The molecule has 0 aliphatic rings. The minimum absolute atomic E-state index is 0.147. The lowest BCUT2D eigenvalue weighted by atomic mass is 9.81. The lowest BCUT2D eigenvalue weighted by Crippen LogP contribution is -2.26. The molecule has 0 bridgehead atoms. The van der Waals surface area contributed by atoms with E-state index in [4.69, 9.17) is 5.90 Å². The fourth-order valence-electron chi connectivity index (χ4n) is 1.35. The predicted octanol–water partition coefficient (Wildman–Crippen LogP) is 1.94. The Bertz CT molecular complexity index is 358. The number of carbonyl (C=O) groups is 1. The van der Waals surface area contributed by atoms with Crippen LogP contribution in [0.5, 0.6) is 0 Å². The Balaban J connectivity index is 3.04. The van der Waals surface area contributed by atoms with Gasteiger partial charge in [0.2, 0.25) is 0 Å². The molecule has 2 N–H and O–H groups in total. The summed E-state index contributed by atoms with van der Waals surface area (Å²) in [5.41, 5.74) is 1.51. The Morgan fingerprint density at radius 2 is 2.13 bits per heavy atom. The third kappa shape index (κ3) is 2.64. The first-order valence-corrected chi connectivity index (χ1v) is 4.90. The Morgan fingerprint density at radius 1 is 1.47 bits per heavy atom. The van der Waals surface area contributed by atoms with Crippen LogP contribution in [-0.4, -0.2) is 5.78 Å². The molecular formula is C12H17NO2. The molecule has 15 heavy (non-hydrogen) atoms. The zero-order valence-electron chi connectivity index (χ0n) is 9.41. The Hall–Kier alpha value is -1.19. The van der Waals surface area contributed by atoms with Crippen LogP contribution in [0.4, 0.5) is 0 Å². The molecular weight excluding hydrogens is 190 g/mol. The maximum absolute atomic E-state index is 11.5. The van der Waals surface area contributed by atoms with Gasteiger partial charge in [0, 0.05) is 5.41 Å². The van der Waals surface area contributed by atoms with Crippen molar-refractivity contribution >= 4 is 5.78 Å². The second-order valence-electron chi connectivity index (χ2n) is 4.19. The van der Waals surface area contributed by atoms with Crippen LogP contribution in [0.3, 0.4) is 0 Å². The molecule has 0 atom stereocenters. The Labute approximate surface area is 90.2 Å². The summed E-state index contributed by atoms with van der Waals surface area (Å²) < 4.78 is 0. The van der Waals surface area contributed by atoms with Crippen molar-refractivity contribution in [2.75, 3.05) is 0 Å². The lowest BCUT2D eigenvalue weighted by molar-refractivity contribution is -0.121. The second-order valence-corrected chi connectivity index (χ2v) is 4.19. The quantitative estimate of drug-likeness (QED) is 0.768. The highest BCUT2D eigenvalue weighted by Gasteiger charge is 2.25. The maximum atomic E-state index is 11.5. The van der Waals surface area contributed by atoms with Gasteiger partial charge in [0.1, 0.15) is 5.78 Å². The van der Waals surface area contributed by atoms with E-state index in [1.54, 1.807) is 6.92 Å². The molecule has 0 heterocycles. The maximum Gasteiger partial charge on any atom is 0.139 e. The van der Waals surface area contributed by atoms with Crippen molar-refractivity contribution < 1.29 is 9.63 Å². The monoisotopic (exact) mass is 207 g/mol. The SMILES string of the molecule is CC(=O)C(C)(C)c1cccc(CON)c1. The van der Waals surface area contributed by atoms with Gasteiger partial charge in [-0.25, -0.2) is 5.90 Å². The first kappa shape index (κ1) is 11.9. The number of Topliss-reactive ketones (excluding diaryl/α,β-unsaturated/α-hetero) is 1. The van der Waals surface area contributed by atoms with Crippen molar-refractivity contribution in [1.82, 2.24) is 0 Å². The van der Waals surface area contributed by atoms with Gasteiger partial charge in [-0.15, -0.1) is 0 Å². The van der Waals surface area contributed by atoms with E-state index in [9.17, 15) is 4.79 Å². The van der Waals surface area contributed by atoms with Crippen molar-refractivity contribution in [1.29, 1.82) is 0 Å². The van der Waals surface area contributed by atoms with Crippen LogP contribution in [0, 0.1) is 0 Å². The summed E-state index contributed by atoms with van der Waals surface area (Å²) in [6.07, 6.45) is 0. The molecule has 0 radical (unpaired) electrons. The normalized spacial score (nSPS) is 11.5. The second kappa shape index (κ2) is 4.55. The number of carbonyl (C=O) groups excluding carboxylic acids is 1. The highest BCUT2D eigenvalue weighted by atomic mass is 16.6. The van der Waals surface area contributed by atoms with Gasteiger partial charge in [-0.2, -0.15) is 0 Å². The van der Waals surface area contributed by atoms with E-state index in [0.717, 1.165) is 11.1 Å². The van der Waals surface area contributed by atoms with Gasteiger partial charge in [0.05, 0.1) is 6.61 Å². The standard InChI is InChI=1S/C12H17NO2/c1-9(14)12(2,3)11-6-4-5-10(7-11)8-15-13/h4-7H,8,13H2,1-3H3. The smallest absolute Gasteiger partial charge is 0.139 e. The van der Waals surface area contributed by atoms with Crippen LogP contribution in [0.2, 0.25) is 0 Å². The van der Waals surface area contributed by atoms with Crippen molar-refractivity contribution in [3.63, 3.8) is 0 Å². The molecule has 82 valence electrons. The van der Waals surface area contributed by atoms with E-state index in [1.807, 2.05) is 38.1 Å². The fraction of sp³-hybridized carbons (Fsp3) is 0.417. The van der Waals surface area contributed by atoms with Crippen LogP contribution in [0.15, 0.2) is 24.3 Å². The van der Waals surface area contributed by atoms with E-state index >= 15 is 0 Å². The summed E-state index contributed by atoms with van der Waals surface area (Å²) in [5, 5.41) is 0. The average Bonchev–Trinajstić information content (AvgIpc) is 2.18. The van der Waals surface area contributed by atoms with Gasteiger partial charge in [0.25, 0.3) is 0 Å². The highest BCUT2D eigenvalue weighted by Crippen LogP contribution is 2.24. The molecule has 1 aromatic carbocycles. The van der Waals surface area contributed by atoms with E-state index < -0.39 is 5.41 Å². The minimum Gasteiger partial charge on any atom is -0.300 e. The highest BCUT2D eigenvalue weighted by molar-refractivity contribution is 5.87. The van der Waals surface area contributed by atoms with Gasteiger partial charge in [0.15, 0.2) is 0 Å². The Morgan fingerprint density at radius 3 is 2.67 bits per heavy atom. The molecule has 1 aromatic rings. The molecule has 0 spiro atoms. The van der Waals surface area contributed by atoms with Gasteiger partial charge in [-0.1, -0.05) is 24.3 Å². The molecule has 0 saturated carbocycles. The predicted molar refractivity (Wildman–Crippen MR) is 59.1 cm³/mol. The number of ketones is 1. The Kier molecular flexibility index (Phi) is 3.61. The third-order valence-corrected chi connectivity index (χ3v) is 2.78. The van der Waals surface area contributed by atoms with Crippen LogP contribution in [0.25, 0.3) is 0 Å². The summed E-state index contributed by atoms with van der Waals surface area (Å²) in [5.74, 6) is 5.16. The summed E-state index contributed by atoms with van der Waals surface area (Å²) in [6, 6.07) is 7.73. The molecule has 3 heteroatoms. The molecule has 0 aliphatic heterocycles. The van der Waals surface area contributed by atoms with Crippen LogP contribution in [0.1, 0.15) is 31.9 Å². The minimum atomic E-state index is -0.454. The fourth-order valence-corrected chi connectivity index (χ4v) is 1.35. The van der Waals surface area contributed by atoms with E-state index in [0.29, 0.717) is 6.61 Å². The molecule has 0 aromatic heterocycles. The summed E-state index contributed by atoms with van der Waals surface area (Å²) >= 11 is 0. The molecule has 0 aliphatic carbocycles. The molecule has 1 rings (SSSR count). The molecule has 0 amide bonds. The number of benzene rings is 1. The van der Waals surface area contributed by atoms with E-state index in [2.05, 4.69) is 4.84 Å². The number of hydrogen-bond acceptors (Lipinski definition) is 3. The molecule has 0 fully saturated rings. The van der Waals surface area contributed by atoms with Crippen molar-refractivity contribution in [2.45, 2.75) is 32.8 Å². The summed E-state index contributed by atoms with van der Waals surface area (Å²) in [6.45, 7) is 5.80. The van der Waals surface area contributed by atoms with Crippen LogP contribution in [-0.2, 0) is 21.7 Å². The largest absolute Gasteiger partial charge is 0.300 e. The number of rotatable bonds is 4. The number of hydrogen-bond donors (Lipinski definition) is 1. The van der Waals surface area contributed by atoms with Gasteiger partial charge < -0.3 is 0 Å². The zero-order valence-corrected chi connectivity index (χ0v) is 9.41. The van der Waals surface area contributed by atoms with Gasteiger partial charge in [-0.05, 0) is 31.9 Å². The van der Waals surface area contributed by atoms with Gasteiger partial charge in [-0.3, -0.25) is 9.63 Å². The lowest BCUT2D eigenvalue weighted by Gasteiger charge is -2.22. The van der Waals surface area contributed by atoms with Crippen LogP contribution < -0.4 is 5.90 Å². The van der Waals surface area contributed by atoms with Crippen molar-refractivity contribution in [2.24, 2.45) is 5.90 Å². The molecule has 0 saturated heterocycles. The van der Waals surface area contributed by atoms with Crippen molar-refractivity contribution in [3.8, 4) is 0 Å². The summed E-state index contributed by atoms with van der Waals surface area (Å²) in [7, 11) is 0. The van der Waals surface area contributed by atoms with E-state index in [1.165, 1.54) is 0 Å². The van der Waals surface area contributed by atoms with Gasteiger partial charge >= 0.3 is 0 Å². The zero-order chi connectivity index (χ0) is 11.5. The van der Waals surface area contributed by atoms with Crippen LogP contribution >= 0.6 is 0 Å². The molecule has 0 unspecified atom stereocenters. The topological polar surface area (TPSA) is 52.3 Å². The molecule has 3 nitrogen and oxygen atoms in total. The van der Waals surface area contributed by atoms with E-state index in [-0.39, 0.29) is 5.78 Å².